The first-order valence-electron chi connectivity index (χ1n) is 11.2. The summed E-state index contributed by atoms with van der Waals surface area (Å²) in [7, 11) is 1.63. The molecule has 1 aromatic carbocycles. The molecule has 0 spiro atoms. The van der Waals surface area contributed by atoms with Gasteiger partial charge < -0.3 is 30.8 Å². The molecule has 0 aliphatic heterocycles. The lowest BCUT2D eigenvalue weighted by atomic mass is 9.95. The van der Waals surface area contributed by atoms with Crippen LogP contribution in [0.25, 0.3) is 11.2 Å². The topological polar surface area (TPSA) is 123 Å². The van der Waals surface area contributed by atoms with Crippen LogP contribution in [0.15, 0.2) is 24.5 Å². The normalized spacial score (nSPS) is 15.1. The van der Waals surface area contributed by atoms with Gasteiger partial charge in [-0.05, 0) is 50.5 Å². The standard InChI is InChI=1S/C23H33N7O2/c1-23(2,31)13-26-22-28-20(25-12-15-11-17(32-3)9-10-18(15)24)19-21(29-22)30(14-27-19)16-7-5-4-6-8-16/h9-11,14,16,31H,4-8,12-13,24H2,1-3H3,(H2,25,26,28,29). The molecule has 172 valence electrons. The van der Waals surface area contributed by atoms with Crippen molar-refractivity contribution < 1.29 is 9.84 Å². The minimum atomic E-state index is -0.884. The molecular weight excluding hydrogens is 406 g/mol. The number of nitrogens with one attached hydrogen (secondary N) is 2. The number of hydrogen-bond acceptors (Lipinski definition) is 8. The predicted octanol–water partition coefficient (Wildman–Crippen LogP) is 3.72. The van der Waals surface area contributed by atoms with Crippen LogP contribution in [0.2, 0.25) is 0 Å². The number of nitrogens with two attached hydrogens (primary N) is 1. The number of ether oxygens (including phenoxy) is 1. The highest BCUT2D eigenvalue weighted by molar-refractivity contribution is 5.84. The number of aliphatic hydroxyl groups is 1. The van der Waals surface area contributed by atoms with Crippen molar-refractivity contribution >= 4 is 28.6 Å². The van der Waals surface area contributed by atoms with Crippen LogP contribution in [-0.4, -0.2) is 43.9 Å². The molecular formula is C23H33N7O2. The van der Waals surface area contributed by atoms with Crippen molar-refractivity contribution in [2.24, 2.45) is 0 Å². The quantitative estimate of drug-likeness (QED) is 0.392. The van der Waals surface area contributed by atoms with Gasteiger partial charge in [-0.3, -0.25) is 0 Å². The maximum atomic E-state index is 10.1. The van der Waals surface area contributed by atoms with E-state index in [0.29, 0.717) is 36.6 Å². The Morgan fingerprint density at radius 3 is 2.69 bits per heavy atom. The Kier molecular flexibility index (Phi) is 6.36. The zero-order valence-corrected chi connectivity index (χ0v) is 19.1. The van der Waals surface area contributed by atoms with Gasteiger partial charge in [-0.15, -0.1) is 0 Å². The van der Waals surface area contributed by atoms with Gasteiger partial charge in [0.2, 0.25) is 5.95 Å². The highest BCUT2D eigenvalue weighted by Crippen LogP contribution is 2.32. The van der Waals surface area contributed by atoms with Gasteiger partial charge in [-0.1, -0.05) is 19.3 Å². The molecule has 9 heteroatoms. The summed E-state index contributed by atoms with van der Waals surface area (Å²) >= 11 is 0. The van der Waals surface area contributed by atoms with Crippen LogP contribution < -0.4 is 21.1 Å². The second-order valence-corrected chi connectivity index (χ2v) is 9.10. The monoisotopic (exact) mass is 439 g/mol. The van der Waals surface area contributed by atoms with Gasteiger partial charge in [0.1, 0.15) is 5.75 Å². The molecule has 0 unspecified atom stereocenters. The van der Waals surface area contributed by atoms with E-state index in [9.17, 15) is 5.11 Å². The smallest absolute Gasteiger partial charge is 0.226 e. The molecule has 4 rings (SSSR count). The summed E-state index contributed by atoms with van der Waals surface area (Å²) in [5, 5.41) is 16.7. The van der Waals surface area contributed by atoms with Crippen LogP contribution in [0.5, 0.6) is 5.75 Å². The molecule has 2 heterocycles. The fraction of sp³-hybridized carbons (Fsp3) is 0.522. The van der Waals surface area contributed by atoms with E-state index in [0.717, 1.165) is 35.3 Å². The number of aromatic nitrogens is 4. The summed E-state index contributed by atoms with van der Waals surface area (Å²) in [4.78, 5) is 14.1. The molecule has 0 bridgehead atoms. The SMILES string of the molecule is COc1ccc(N)c(CNc2nc(NCC(C)(C)O)nc3c2ncn3C2CCCCC2)c1. The first-order valence-corrected chi connectivity index (χ1v) is 11.2. The van der Waals surface area contributed by atoms with E-state index in [1.165, 1.54) is 19.3 Å². The van der Waals surface area contributed by atoms with Crippen molar-refractivity contribution in [2.45, 2.75) is 64.1 Å². The summed E-state index contributed by atoms with van der Waals surface area (Å²) < 4.78 is 7.50. The lowest BCUT2D eigenvalue weighted by Gasteiger charge is -2.23. The molecule has 32 heavy (non-hydrogen) atoms. The molecule has 0 saturated heterocycles. The Morgan fingerprint density at radius 2 is 1.97 bits per heavy atom. The van der Waals surface area contributed by atoms with Crippen LogP contribution in [-0.2, 0) is 6.54 Å². The van der Waals surface area contributed by atoms with Crippen LogP contribution in [0.1, 0.15) is 57.6 Å². The molecule has 1 aliphatic rings. The lowest BCUT2D eigenvalue weighted by Crippen LogP contribution is -2.30. The minimum absolute atomic E-state index is 0.332. The van der Waals surface area contributed by atoms with Crippen LogP contribution in [0.3, 0.4) is 0 Å². The lowest BCUT2D eigenvalue weighted by molar-refractivity contribution is 0.0943. The number of imidazole rings is 1. The fourth-order valence-corrected chi connectivity index (χ4v) is 4.08. The summed E-state index contributed by atoms with van der Waals surface area (Å²) in [5.41, 5.74) is 8.39. The number of benzene rings is 1. The van der Waals surface area contributed by atoms with Crippen molar-refractivity contribution in [3.63, 3.8) is 0 Å². The zero-order valence-electron chi connectivity index (χ0n) is 19.1. The molecule has 3 aromatic rings. The van der Waals surface area contributed by atoms with Crippen molar-refractivity contribution in [2.75, 3.05) is 30.0 Å². The maximum Gasteiger partial charge on any atom is 0.226 e. The molecule has 9 nitrogen and oxygen atoms in total. The highest BCUT2D eigenvalue weighted by atomic mass is 16.5. The predicted molar refractivity (Wildman–Crippen MR) is 127 cm³/mol. The molecule has 1 aliphatic carbocycles. The Bertz CT molecular complexity index is 1070. The molecule has 2 aromatic heterocycles. The zero-order chi connectivity index (χ0) is 22.7. The largest absolute Gasteiger partial charge is 0.497 e. The molecule has 1 saturated carbocycles. The number of nitrogen functional groups attached to an aromatic ring is 1. The Labute approximate surface area is 188 Å². The van der Waals surface area contributed by atoms with E-state index in [2.05, 4.69) is 25.2 Å². The average Bonchev–Trinajstić information content (AvgIpc) is 3.21. The number of fused-ring (bicyclic) bond motifs is 1. The summed E-state index contributed by atoms with van der Waals surface area (Å²) in [6, 6.07) is 5.98. The maximum absolute atomic E-state index is 10.1. The number of anilines is 3. The van der Waals surface area contributed by atoms with Gasteiger partial charge in [0.25, 0.3) is 0 Å². The number of hydrogen-bond donors (Lipinski definition) is 4. The van der Waals surface area contributed by atoms with E-state index in [4.69, 9.17) is 15.5 Å². The molecule has 5 N–H and O–H groups in total. The van der Waals surface area contributed by atoms with Crippen molar-refractivity contribution in [1.82, 2.24) is 19.5 Å². The van der Waals surface area contributed by atoms with E-state index in [1.807, 2.05) is 24.5 Å². The van der Waals surface area contributed by atoms with Gasteiger partial charge >= 0.3 is 0 Å². The molecule has 0 radical (unpaired) electrons. The van der Waals surface area contributed by atoms with Crippen LogP contribution >= 0.6 is 0 Å². The van der Waals surface area contributed by atoms with Crippen LogP contribution in [0.4, 0.5) is 17.5 Å². The first-order chi connectivity index (χ1) is 15.3. The highest BCUT2D eigenvalue weighted by Gasteiger charge is 2.21. The molecule has 1 fully saturated rings. The second kappa shape index (κ2) is 9.20. The average molecular weight is 440 g/mol. The van der Waals surface area contributed by atoms with Crippen molar-refractivity contribution in [3.05, 3.63) is 30.1 Å². The molecule has 0 amide bonds. The minimum Gasteiger partial charge on any atom is -0.497 e. The number of nitrogens with zero attached hydrogens (tertiary/aromatic N) is 4. The third kappa shape index (κ3) is 5.04. The van der Waals surface area contributed by atoms with E-state index >= 15 is 0 Å². The third-order valence-electron chi connectivity index (χ3n) is 5.87. The van der Waals surface area contributed by atoms with Gasteiger partial charge in [-0.2, -0.15) is 9.97 Å². The van der Waals surface area contributed by atoms with Crippen LogP contribution in [0, 0.1) is 0 Å². The summed E-state index contributed by atoms with van der Waals surface area (Å²) in [5.74, 6) is 1.83. The van der Waals surface area contributed by atoms with Gasteiger partial charge in [0, 0.05) is 24.8 Å². The van der Waals surface area contributed by atoms with E-state index < -0.39 is 5.60 Å². The third-order valence-corrected chi connectivity index (χ3v) is 5.87. The van der Waals surface area contributed by atoms with Gasteiger partial charge in [0.15, 0.2) is 17.0 Å². The first kappa shape index (κ1) is 22.1. The van der Waals surface area contributed by atoms with E-state index in [1.54, 1.807) is 21.0 Å². The Morgan fingerprint density at radius 1 is 1.19 bits per heavy atom. The Hall–Kier alpha value is -3.07. The van der Waals surface area contributed by atoms with E-state index in [-0.39, 0.29) is 0 Å². The summed E-state index contributed by atoms with van der Waals surface area (Å²) in [6.45, 7) is 4.29. The molecule has 0 atom stereocenters. The Balaban J connectivity index is 1.67. The summed E-state index contributed by atoms with van der Waals surface area (Å²) in [6.07, 6.45) is 7.86. The van der Waals surface area contributed by atoms with Crippen molar-refractivity contribution in [1.29, 1.82) is 0 Å². The number of rotatable bonds is 8. The second-order valence-electron chi connectivity index (χ2n) is 9.10. The van der Waals surface area contributed by atoms with Crippen molar-refractivity contribution in [3.8, 4) is 5.75 Å². The number of methoxy groups -OCH3 is 1. The fourth-order valence-electron chi connectivity index (χ4n) is 4.08. The van der Waals surface area contributed by atoms with Gasteiger partial charge in [0.05, 0.1) is 19.0 Å². The van der Waals surface area contributed by atoms with Gasteiger partial charge in [-0.25, -0.2) is 4.98 Å².